The van der Waals surface area contributed by atoms with Gasteiger partial charge in [0, 0.05) is 20.1 Å². The van der Waals surface area contributed by atoms with E-state index in [1.54, 1.807) is 12.1 Å². The van der Waals surface area contributed by atoms with E-state index >= 15 is 0 Å². The molecule has 2 nitrogen and oxygen atoms in total. The van der Waals surface area contributed by atoms with E-state index in [4.69, 9.17) is 18.6 Å². The zero-order valence-corrected chi connectivity index (χ0v) is 19.9. The first-order valence-corrected chi connectivity index (χ1v) is 13.6. The van der Waals surface area contributed by atoms with Gasteiger partial charge in [-0.05, 0) is 57.9 Å². The molecule has 7 heteroatoms. The molecular formula is C20H12Br2Cl2O2Ti. The zero-order valence-electron chi connectivity index (χ0n) is 13.7. The average Bonchev–Trinajstić information content (AvgIpc) is 2.63. The van der Waals surface area contributed by atoms with Gasteiger partial charge in [0.2, 0.25) is 0 Å². The van der Waals surface area contributed by atoms with Crippen LogP contribution in [0.4, 0.5) is 0 Å². The molecule has 0 aromatic heterocycles. The Labute approximate surface area is 190 Å². The molecule has 0 unspecified atom stereocenters. The summed E-state index contributed by atoms with van der Waals surface area (Å²) in [5, 5.41) is 24.8. The van der Waals surface area contributed by atoms with Crippen molar-refractivity contribution < 1.29 is 27.2 Å². The number of hydrogen-bond donors (Lipinski definition) is 2. The number of hydrogen-bond acceptors (Lipinski definition) is 2. The van der Waals surface area contributed by atoms with Crippen LogP contribution in [0.25, 0.3) is 32.7 Å². The molecule has 0 radical (unpaired) electrons. The Bertz CT molecular complexity index is 1050. The molecule has 0 saturated carbocycles. The van der Waals surface area contributed by atoms with E-state index in [0.29, 0.717) is 11.1 Å². The Hall–Kier alpha value is -0.746. The van der Waals surface area contributed by atoms with Gasteiger partial charge in [-0.2, -0.15) is 0 Å². The van der Waals surface area contributed by atoms with Gasteiger partial charge in [-0.25, -0.2) is 0 Å². The number of phenols is 2. The summed E-state index contributed by atoms with van der Waals surface area (Å²) in [6.45, 7) is 0. The van der Waals surface area contributed by atoms with Crippen LogP contribution in [0.15, 0.2) is 69.6 Å². The maximum atomic E-state index is 10.5. The first-order valence-electron chi connectivity index (χ1n) is 7.75. The van der Waals surface area contributed by atoms with Crippen molar-refractivity contribution >= 4 is 72.0 Å². The first kappa shape index (κ1) is 21.0. The van der Waals surface area contributed by atoms with Crippen LogP contribution in [0.1, 0.15) is 0 Å². The summed E-state index contributed by atoms with van der Waals surface area (Å²) in [5.74, 6) is 0.297. The molecule has 0 heterocycles. The molecule has 0 aliphatic carbocycles. The molecule has 0 spiro atoms. The van der Waals surface area contributed by atoms with Gasteiger partial charge in [0.1, 0.15) is 11.5 Å². The molecule has 4 aromatic carbocycles. The number of halogens is 4. The second-order valence-electron chi connectivity index (χ2n) is 5.72. The molecule has 0 bridgehead atoms. The van der Waals surface area contributed by atoms with Crippen LogP contribution in [0.5, 0.6) is 11.5 Å². The molecule has 0 atom stereocenters. The molecule has 136 valence electrons. The van der Waals surface area contributed by atoms with Crippen LogP contribution in [0, 0.1) is 0 Å². The summed E-state index contributed by atoms with van der Waals surface area (Å²) in [6.07, 6.45) is 0. The fourth-order valence-electron chi connectivity index (χ4n) is 3.10. The summed E-state index contributed by atoms with van der Waals surface area (Å²) < 4.78 is 1.94. The number of benzene rings is 4. The molecule has 0 amide bonds. The second-order valence-corrected chi connectivity index (χ2v) is 10.1. The van der Waals surface area contributed by atoms with E-state index < -0.39 is 17.0 Å². The predicted molar refractivity (Wildman–Crippen MR) is 117 cm³/mol. The zero-order chi connectivity index (χ0) is 19.6. The van der Waals surface area contributed by atoms with Crippen molar-refractivity contribution in [3.05, 3.63) is 69.6 Å². The Morgan fingerprint density at radius 2 is 1.00 bits per heavy atom. The van der Waals surface area contributed by atoms with E-state index in [1.165, 1.54) is 0 Å². The summed E-state index contributed by atoms with van der Waals surface area (Å²) in [5.41, 5.74) is 1.29. The predicted octanol–water partition coefficient (Wildman–Crippen LogP) is 7.97. The average molecular weight is 563 g/mol. The number of rotatable bonds is 1. The minimum absolute atomic E-state index is 0.149. The molecule has 0 fully saturated rings. The summed E-state index contributed by atoms with van der Waals surface area (Å²) in [6, 6.07) is 18.8. The van der Waals surface area contributed by atoms with Crippen LogP contribution in [0.2, 0.25) is 0 Å². The third-order valence-electron chi connectivity index (χ3n) is 4.17. The van der Waals surface area contributed by atoms with Gasteiger partial charge in [-0.15, -0.1) is 0 Å². The molecule has 2 N–H and O–H groups in total. The van der Waals surface area contributed by atoms with Crippen molar-refractivity contribution in [2.75, 3.05) is 0 Å². The normalized spacial score (nSPS) is 10.5. The van der Waals surface area contributed by atoms with E-state index in [0.717, 1.165) is 30.5 Å². The molecular weight excluding hydrogens is 551 g/mol. The molecule has 27 heavy (non-hydrogen) atoms. The molecule has 0 aliphatic heterocycles. The summed E-state index contributed by atoms with van der Waals surface area (Å²) in [4.78, 5) is 0. The van der Waals surface area contributed by atoms with E-state index in [9.17, 15) is 10.2 Å². The van der Waals surface area contributed by atoms with Crippen LogP contribution in [-0.4, -0.2) is 10.2 Å². The SMILES string of the molecule is Oc1ccc2cc(Br)ccc2c1-c1c(O)ccc2cc(Br)ccc12.[Cl][Ti][Cl]. The van der Waals surface area contributed by atoms with Crippen LogP contribution < -0.4 is 0 Å². The first-order chi connectivity index (χ1) is 13.0. The van der Waals surface area contributed by atoms with Crippen molar-refractivity contribution in [3.8, 4) is 22.6 Å². The summed E-state index contributed by atoms with van der Waals surface area (Å²) >= 11 is 6.40. The van der Waals surface area contributed by atoms with Crippen LogP contribution in [0.3, 0.4) is 0 Å². The fraction of sp³-hybridized carbons (Fsp3) is 0. The molecule has 0 aliphatic rings. The number of phenolic OH excluding ortho intramolecular Hbond substituents is 2. The Morgan fingerprint density at radius 3 is 1.37 bits per heavy atom. The Morgan fingerprint density at radius 1 is 0.630 bits per heavy atom. The molecule has 0 saturated heterocycles. The fourth-order valence-corrected chi connectivity index (χ4v) is 3.86. The molecule has 4 aromatic rings. The quantitative estimate of drug-likeness (QED) is 0.231. The van der Waals surface area contributed by atoms with Crippen molar-refractivity contribution in [1.82, 2.24) is 0 Å². The van der Waals surface area contributed by atoms with Crippen molar-refractivity contribution in [2.24, 2.45) is 0 Å². The monoisotopic (exact) mass is 560 g/mol. The third-order valence-corrected chi connectivity index (χ3v) is 5.16. The van der Waals surface area contributed by atoms with E-state index in [-0.39, 0.29) is 11.5 Å². The topological polar surface area (TPSA) is 40.5 Å². The van der Waals surface area contributed by atoms with E-state index in [2.05, 4.69) is 31.9 Å². The van der Waals surface area contributed by atoms with Crippen LogP contribution >= 0.6 is 50.5 Å². The Kier molecular flexibility index (Phi) is 7.12. The third kappa shape index (κ3) is 4.47. The second kappa shape index (κ2) is 9.17. The Balaban J connectivity index is 0.000000659. The van der Waals surface area contributed by atoms with Gasteiger partial charge in [0.05, 0.1) is 0 Å². The minimum atomic E-state index is -0.556. The standard InChI is InChI=1S/C20H12Br2O2.2ClH.Ti/c21-13-3-5-15-11(9-13)1-7-17(23)19(15)20-16-6-4-14(22)10-12(16)2-8-18(20)24;;;/h1-10,23-24H;2*1H;/q;;;+2/p-2. The van der Waals surface area contributed by atoms with Crippen LogP contribution in [-0.2, 0) is 17.0 Å². The van der Waals surface area contributed by atoms with Gasteiger partial charge in [0.25, 0.3) is 0 Å². The number of fused-ring (bicyclic) bond motifs is 2. The maximum absolute atomic E-state index is 10.5. The van der Waals surface area contributed by atoms with Crippen molar-refractivity contribution in [2.45, 2.75) is 0 Å². The van der Waals surface area contributed by atoms with Gasteiger partial charge in [-0.1, -0.05) is 56.1 Å². The van der Waals surface area contributed by atoms with Crippen molar-refractivity contribution in [1.29, 1.82) is 0 Å². The van der Waals surface area contributed by atoms with Crippen molar-refractivity contribution in [3.63, 3.8) is 0 Å². The molecule has 4 rings (SSSR count). The van der Waals surface area contributed by atoms with Gasteiger partial charge < -0.3 is 10.2 Å². The van der Waals surface area contributed by atoms with Gasteiger partial charge in [0.15, 0.2) is 0 Å². The van der Waals surface area contributed by atoms with Gasteiger partial charge in [-0.3, -0.25) is 0 Å². The van der Waals surface area contributed by atoms with E-state index in [1.807, 2.05) is 48.5 Å². The number of aromatic hydroxyl groups is 2. The van der Waals surface area contributed by atoms with Gasteiger partial charge >= 0.3 is 35.6 Å². The summed E-state index contributed by atoms with van der Waals surface area (Å²) in [7, 11) is 9.78.